The highest BCUT2D eigenvalue weighted by Gasteiger charge is 2.34. The Morgan fingerprint density at radius 1 is 1.21 bits per heavy atom. The quantitative estimate of drug-likeness (QED) is 0.453. The third kappa shape index (κ3) is 5.39. The van der Waals surface area contributed by atoms with Crippen LogP contribution in [-0.2, 0) is 4.74 Å². The van der Waals surface area contributed by atoms with Crippen LogP contribution in [-0.4, -0.2) is 76.4 Å². The maximum Gasteiger partial charge on any atom is 0.254 e. The summed E-state index contributed by atoms with van der Waals surface area (Å²) in [6.07, 6.45) is 4.85. The Morgan fingerprint density at radius 2 is 2.05 bits per heavy atom. The second-order valence-corrected chi connectivity index (χ2v) is 9.77. The molecule has 1 unspecified atom stereocenters. The molecule has 5 rings (SSSR count). The molecule has 8 nitrogen and oxygen atoms in total. The largest absolute Gasteiger partial charge is 0.380 e. The number of aromatic nitrogens is 3. The molecule has 0 aliphatic carbocycles. The van der Waals surface area contributed by atoms with Crippen molar-refractivity contribution in [2.24, 2.45) is 0 Å². The summed E-state index contributed by atoms with van der Waals surface area (Å²) in [7, 11) is 0. The second kappa shape index (κ2) is 11.1. The number of aryl methyl sites for hydroxylation is 1. The summed E-state index contributed by atoms with van der Waals surface area (Å²) in [5.74, 6) is -1.86. The summed E-state index contributed by atoms with van der Waals surface area (Å²) >= 11 is 0. The van der Waals surface area contributed by atoms with Gasteiger partial charge in [0.25, 0.3) is 5.91 Å². The summed E-state index contributed by atoms with van der Waals surface area (Å²) in [5, 5.41) is 5.78. The van der Waals surface area contributed by atoms with Crippen molar-refractivity contribution in [3.05, 3.63) is 59.8 Å². The van der Waals surface area contributed by atoms with Crippen molar-refractivity contribution in [2.45, 2.75) is 44.9 Å². The van der Waals surface area contributed by atoms with Gasteiger partial charge >= 0.3 is 0 Å². The molecule has 2 aromatic heterocycles. The number of halogens is 3. The first-order chi connectivity index (χ1) is 18.3. The summed E-state index contributed by atoms with van der Waals surface area (Å²) < 4.78 is 51.2. The maximum absolute atomic E-state index is 15.0. The molecule has 2 saturated heterocycles. The van der Waals surface area contributed by atoms with Crippen LogP contribution in [0.2, 0.25) is 0 Å². The van der Waals surface area contributed by atoms with E-state index < -0.39 is 29.9 Å². The highest BCUT2D eigenvalue weighted by atomic mass is 19.1. The molecule has 1 amide bonds. The molecule has 202 valence electrons. The minimum atomic E-state index is -1.09. The molecule has 0 saturated carbocycles. The Hall–Kier alpha value is -3.44. The minimum Gasteiger partial charge on any atom is -0.380 e. The van der Waals surface area contributed by atoms with Gasteiger partial charge < -0.3 is 19.9 Å². The van der Waals surface area contributed by atoms with Crippen LogP contribution in [0.5, 0.6) is 0 Å². The van der Waals surface area contributed by atoms with Gasteiger partial charge in [-0.05, 0) is 50.5 Å². The van der Waals surface area contributed by atoms with Crippen molar-refractivity contribution in [3.8, 4) is 16.9 Å². The SMILES string of the molecule is CCNC(=O)c1cc(-n2cnc(-c3cc(N[C@H]4CCN(C5CCOC5)C[C@H]4F)cnc3F)c2)c(C)cc1F. The van der Waals surface area contributed by atoms with E-state index in [4.69, 9.17) is 4.74 Å². The molecule has 38 heavy (non-hydrogen) atoms. The van der Waals surface area contributed by atoms with Crippen LogP contribution in [0, 0.1) is 18.7 Å². The molecule has 2 fully saturated rings. The van der Waals surface area contributed by atoms with Gasteiger partial charge in [0.15, 0.2) is 0 Å². The normalized spacial score (nSPS) is 22.0. The number of nitrogens with zero attached hydrogens (tertiary/aromatic N) is 4. The molecule has 2 aliphatic heterocycles. The number of nitrogens with one attached hydrogen (secondary N) is 2. The third-order valence-corrected chi connectivity index (χ3v) is 7.19. The van der Waals surface area contributed by atoms with Crippen LogP contribution in [0.3, 0.4) is 0 Å². The molecule has 2 aliphatic rings. The fraction of sp³-hybridized carbons (Fsp3) is 0.444. The molecule has 3 atom stereocenters. The lowest BCUT2D eigenvalue weighted by molar-refractivity contribution is 0.0789. The van der Waals surface area contributed by atoms with Crippen LogP contribution < -0.4 is 10.6 Å². The highest BCUT2D eigenvalue weighted by molar-refractivity contribution is 5.95. The van der Waals surface area contributed by atoms with Crippen molar-refractivity contribution in [3.63, 3.8) is 0 Å². The smallest absolute Gasteiger partial charge is 0.254 e. The summed E-state index contributed by atoms with van der Waals surface area (Å²) in [6, 6.07) is 4.14. The number of pyridine rings is 1. The van der Waals surface area contributed by atoms with Crippen molar-refractivity contribution < 1.29 is 22.7 Å². The molecule has 2 N–H and O–H groups in total. The number of ether oxygens (including phenoxy) is 1. The fourth-order valence-electron chi connectivity index (χ4n) is 5.12. The van der Waals surface area contributed by atoms with Gasteiger partial charge in [0.1, 0.15) is 12.0 Å². The average molecular weight is 529 g/mol. The van der Waals surface area contributed by atoms with Crippen molar-refractivity contribution >= 4 is 11.6 Å². The number of piperidine rings is 1. The number of alkyl halides is 1. The summed E-state index contributed by atoms with van der Waals surface area (Å²) in [5.41, 5.74) is 1.97. The standard InChI is InChI=1S/C27H31F3N6O2/c1-3-31-27(37)19-10-25(16(2)8-21(19)28)36-13-24(33-15-36)20-9-17(11-32-26(20)30)34-23-4-6-35(12-22(23)29)18-5-7-38-14-18/h8-11,13,15,18,22-23,34H,3-7,12,14H2,1-2H3,(H,31,37)/t18?,22-,23+/m1/s1. The van der Waals surface area contributed by atoms with Crippen molar-refractivity contribution in [2.75, 3.05) is 38.2 Å². The molecule has 11 heteroatoms. The number of carbonyl (C=O) groups excluding carboxylic acids is 1. The number of anilines is 1. The number of rotatable bonds is 7. The minimum absolute atomic E-state index is 0.0889. The Morgan fingerprint density at radius 3 is 2.79 bits per heavy atom. The van der Waals surface area contributed by atoms with E-state index in [9.17, 15) is 13.6 Å². The number of hydrogen-bond donors (Lipinski definition) is 2. The maximum atomic E-state index is 15.0. The van der Waals surface area contributed by atoms with Gasteiger partial charge in [0.05, 0.1) is 53.4 Å². The number of likely N-dealkylation sites (tertiary alicyclic amines) is 1. The fourth-order valence-corrected chi connectivity index (χ4v) is 5.12. The van der Waals surface area contributed by atoms with E-state index in [0.717, 1.165) is 19.6 Å². The Balaban J connectivity index is 1.34. The Bertz CT molecular complexity index is 1310. The average Bonchev–Trinajstić information content (AvgIpc) is 3.59. The van der Waals surface area contributed by atoms with E-state index in [1.807, 2.05) is 0 Å². The van der Waals surface area contributed by atoms with E-state index in [1.54, 1.807) is 30.7 Å². The number of carbonyl (C=O) groups is 1. The van der Waals surface area contributed by atoms with Gasteiger partial charge in [0.2, 0.25) is 5.95 Å². The van der Waals surface area contributed by atoms with E-state index in [0.29, 0.717) is 48.7 Å². The lowest BCUT2D eigenvalue weighted by Crippen LogP contribution is -2.51. The monoisotopic (exact) mass is 528 g/mol. The van der Waals surface area contributed by atoms with E-state index in [2.05, 4.69) is 25.5 Å². The Kier molecular flexibility index (Phi) is 7.66. The van der Waals surface area contributed by atoms with E-state index >= 15 is 4.39 Å². The van der Waals surface area contributed by atoms with Crippen LogP contribution in [0.1, 0.15) is 35.7 Å². The second-order valence-electron chi connectivity index (χ2n) is 9.77. The molecule has 3 aromatic rings. The van der Waals surface area contributed by atoms with Crippen LogP contribution in [0.4, 0.5) is 18.9 Å². The number of benzene rings is 1. The van der Waals surface area contributed by atoms with Gasteiger partial charge in [-0.2, -0.15) is 4.39 Å². The first-order valence-corrected chi connectivity index (χ1v) is 12.8. The number of imidazole rings is 1. The Labute approximate surface area is 219 Å². The summed E-state index contributed by atoms with van der Waals surface area (Å²) in [4.78, 5) is 22.6. The number of amides is 1. The lowest BCUT2D eigenvalue weighted by Gasteiger charge is -2.38. The zero-order chi connectivity index (χ0) is 26.8. The highest BCUT2D eigenvalue weighted by Crippen LogP contribution is 2.28. The van der Waals surface area contributed by atoms with Gasteiger partial charge in [-0.1, -0.05) is 0 Å². The number of hydrogen-bond acceptors (Lipinski definition) is 6. The first kappa shape index (κ1) is 26.2. The van der Waals surface area contributed by atoms with Crippen molar-refractivity contribution in [1.82, 2.24) is 24.8 Å². The molecular weight excluding hydrogens is 497 g/mol. The van der Waals surface area contributed by atoms with Crippen LogP contribution in [0.25, 0.3) is 16.9 Å². The van der Waals surface area contributed by atoms with Gasteiger partial charge in [-0.25, -0.2) is 18.7 Å². The zero-order valence-electron chi connectivity index (χ0n) is 21.4. The zero-order valence-corrected chi connectivity index (χ0v) is 21.4. The molecule has 0 spiro atoms. The van der Waals surface area contributed by atoms with Crippen molar-refractivity contribution in [1.29, 1.82) is 0 Å². The molecule has 1 aromatic carbocycles. The molecule has 4 heterocycles. The first-order valence-electron chi connectivity index (χ1n) is 12.8. The predicted octanol–water partition coefficient (Wildman–Crippen LogP) is 3.88. The molecule has 0 radical (unpaired) electrons. The summed E-state index contributed by atoms with van der Waals surface area (Å²) in [6.45, 7) is 6.28. The van der Waals surface area contributed by atoms with Crippen LogP contribution in [0.15, 0.2) is 36.9 Å². The lowest BCUT2D eigenvalue weighted by atomic mass is 10.0. The van der Waals surface area contributed by atoms with E-state index in [1.165, 1.54) is 24.7 Å². The van der Waals surface area contributed by atoms with Gasteiger partial charge in [0, 0.05) is 38.5 Å². The third-order valence-electron chi connectivity index (χ3n) is 7.19. The predicted molar refractivity (Wildman–Crippen MR) is 137 cm³/mol. The van der Waals surface area contributed by atoms with Gasteiger partial charge in [-0.3, -0.25) is 9.69 Å². The van der Waals surface area contributed by atoms with Gasteiger partial charge in [-0.15, -0.1) is 0 Å². The van der Waals surface area contributed by atoms with Crippen LogP contribution >= 0.6 is 0 Å². The topological polar surface area (TPSA) is 84.3 Å². The van der Waals surface area contributed by atoms with E-state index in [-0.39, 0.29) is 17.2 Å². The molecule has 0 bridgehead atoms. The molecular formula is C27H31F3N6O2.